The molecule has 202 valence electrons. The molecule has 0 atom stereocenters. The number of carbonyl (C=O) groups is 3. The van der Waals surface area contributed by atoms with Gasteiger partial charge in [-0.1, -0.05) is 24.3 Å². The lowest BCUT2D eigenvalue weighted by Crippen LogP contribution is -2.35. The van der Waals surface area contributed by atoms with Crippen molar-refractivity contribution >= 4 is 55.7 Å². The molecule has 0 aromatic heterocycles. The number of carboxylic acid groups (broad SMARTS) is 1. The van der Waals surface area contributed by atoms with E-state index in [-0.39, 0.29) is 24.3 Å². The second-order valence-corrected chi connectivity index (χ2v) is 11.2. The number of amides is 1. The van der Waals surface area contributed by atoms with Gasteiger partial charge in [0.15, 0.2) is 0 Å². The van der Waals surface area contributed by atoms with Crippen molar-refractivity contribution in [3.05, 3.63) is 60.7 Å². The second kappa shape index (κ2) is 11.5. The Labute approximate surface area is 221 Å². The summed E-state index contributed by atoms with van der Waals surface area (Å²) in [4.78, 5) is 37.0. The van der Waals surface area contributed by atoms with E-state index in [4.69, 9.17) is 9.84 Å². The number of rotatable bonds is 11. The zero-order chi connectivity index (χ0) is 28.1. The number of nitrogens with one attached hydrogen (secondary N) is 2. The van der Waals surface area contributed by atoms with Crippen molar-refractivity contribution in [3.63, 3.8) is 0 Å². The molecule has 3 aromatic carbocycles. The molecule has 0 spiro atoms. The van der Waals surface area contributed by atoms with Crippen molar-refractivity contribution in [1.82, 2.24) is 0 Å². The Kier molecular flexibility index (Phi) is 8.62. The minimum Gasteiger partial charge on any atom is -0.481 e. The van der Waals surface area contributed by atoms with Gasteiger partial charge in [0.05, 0.1) is 23.2 Å². The zero-order valence-electron chi connectivity index (χ0n) is 21.6. The van der Waals surface area contributed by atoms with E-state index in [0.717, 1.165) is 11.1 Å². The number of aliphatic carboxylic acids is 1. The number of fused-ring (bicyclic) bond motifs is 1. The molecule has 0 unspecified atom stereocenters. The Bertz CT molecular complexity index is 1450. The predicted octanol–water partition coefficient (Wildman–Crippen LogP) is 4.08. The third-order valence-electron chi connectivity index (χ3n) is 5.78. The first-order valence-corrected chi connectivity index (χ1v) is 13.3. The number of anilines is 3. The molecule has 0 aliphatic carbocycles. The van der Waals surface area contributed by atoms with Crippen LogP contribution in [0.2, 0.25) is 0 Å². The summed E-state index contributed by atoms with van der Waals surface area (Å²) in [6.45, 7) is 2.94. The average Bonchev–Trinajstić information content (AvgIpc) is 2.86. The molecule has 0 aliphatic rings. The quantitative estimate of drug-likeness (QED) is 0.308. The van der Waals surface area contributed by atoms with Gasteiger partial charge in [0, 0.05) is 41.9 Å². The summed E-state index contributed by atoms with van der Waals surface area (Å²) in [5, 5.41) is 12.8. The minimum absolute atomic E-state index is 0.149. The molecule has 0 fully saturated rings. The molecule has 0 saturated carbocycles. The van der Waals surface area contributed by atoms with Crippen molar-refractivity contribution < 1.29 is 32.6 Å². The summed E-state index contributed by atoms with van der Waals surface area (Å²) < 4.78 is 34.1. The van der Waals surface area contributed by atoms with Crippen LogP contribution in [0.3, 0.4) is 0 Å². The van der Waals surface area contributed by atoms with E-state index in [1.54, 1.807) is 44.2 Å². The number of hydrogen-bond acceptors (Lipinski definition) is 7. The Morgan fingerprint density at radius 3 is 2.13 bits per heavy atom. The van der Waals surface area contributed by atoms with E-state index in [1.807, 2.05) is 37.2 Å². The van der Waals surface area contributed by atoms with Crippen LogP contribution in [0.15, 0.2) is 65.6 Å². The summed E-state index contributed by atoms with van der Waals surface area (Å²) in [5.41, 5.74) is 0.552. The highest BCUT2D eigenvalue weighted by Crippen LogP contribution is 2.31. The van der Waals surface area contributed by atoms with E-state index < -0.39 is 33.3 Å². The lowest BCUT2D eigenvalue weighted by atomic mass is 9.93. The van der Waals surface area contributed by atoms with E-state index in [1.165, 1.54) is 12.1 Å². The monoisotopic (exact) mass is 541 g/mol. The minimum atomic E-state index is -3.91. The van der Waals surface area contributed by atoms with Gasteiger partial charge >= 0.3 is 11.9 Å². The Hall–Kier alpha value is -4.12. The molecule has 1 amide bonds. The molecule has 0 bridgehead atoms. The van der Waals surface area contributed by atoms with Crippen molar-refractivity contribution in [3.8, 4) is 0 Å². The van der Waals surface area contributed by atoms with Crippen LogP contribution >= 0.6 is 0 Å². The van der Waals surface area contributed by atoms with Gasteiger partial charge in [0.25, 0.3) is 10.0 Å². The predicted molar refractivity (Wildman–Crippen MR) is 146 cm³/mol. The molecule has 38 heavy (non-hydrogen) atoms. The van der Waals surface area contributed by atoms with Crippen LogP contribution in [0.5, 0.6) is 0 Å². The van der Waals surface area contributed by atoms with Crippen molar-refractivity contribution in [1.29, 1.82) is 0 Å². The van der Waals surface area contributed by atoms with Crippen LogP contribution in [0.1, 0.15) is 26.7 Å². The third kappa shape index (κ3) is 7.00. The van der Waals surface area contributed by atoms with E-state index in [2.05, 4.69) is 10.0 Å². The highest BCUT2D eigenvalue weighted by atomic mass is 32.2. The third-order valence-corrected chi connectivity index (χ3v) is 7.22. The van der Waals surface area contributed by atoms with Crippen LogP contribution < -0.4 is 14.9 Å². The van der Waals surface area contributed by atoms with Crippen LogP contribution in [0.4, 0.5) is 17.1 Å². The maximum atomic E-state index is 13.2. The number of hydrogen-bond donors (Lipinski definition) is 3. The Morgan fingerprint density at radius 1 is 0.895 bits per heavy atom. The topological polar surface area (TPSA) is 142 Å². The SMILES string of the molecule is CN(C)c1cccc2c(S(=O)(=O)Nc3ccc(NC(=O)C(C)(C)COC(=O)CCC(=O)O)cc3)cccc12. The number of carbonyl (C=O) groups excluding carboxylic acids is 2. The van der Waals surface area contributed by atoms with Gasteiger partial charge in [-0.05, 0) is 50.2 Å². The number of nitrogens with zero attached hydrogens (tertiary/aromatic N) is 1. The van der Waals surface area contributed by atoms with Gasteiger partial charge in [0.1, 0.15) is 6.61 Å². The second-order valence-electron chi connectivity index (χ2n) is 9.60. The highest BCUT2D eigenvalue weighted by molar-refractivity contribution is 7.93. The standard InChI is InChI=1S/C27H31N3O7S/c1-27(2,17-37-25(33)16-15-24(31)32)26(34)28-18-11-13-19(14-12-18)29-38(35,36)23-10-6-7-20-21(23)8-5-9-22(20)30(3)4/h5-14,29H,15-17H2,1-4H3,(H,28,34)(H,31,32). The first kappa shape index (κ1) is 28.5. The lowest BCUT2D eigenvalue weighted by Gasteiger charge is -2.23. The van der Waals surface area contributed by atoms with Gasteiger partial charge in [0.2, 0.25) is 5.91 Å². The van der Waals surface area contributed by atoms with E-state index >= 15 is 0 Å². The maximum absolute atomic E-state index is 13.2. The van der Waals surface area contributed by atoms with Gasteiger partial charge in [-0.15, -0.1) is 0 Å². The van der Waals surface area contributed by atoms with Crippen molar-refractivity contribution in [2.75, 3.05) is 35.6 Å². The molecule has 3 rings (SSSR count). The summed E-state index contributed by atoms with van der Waals surface area (Å²) in [6, 6.07) is 16.8. The summed E-state index contributed by atoms with van der Waals surface area (Å²) in [6.07, 6.45) is -0.626. The zero-order valence-corrected chi connectivity index (χ0v) is 22.5. The maximum Gasteiger partial charge on any atom is 0.306 e. The normalized spacial score (nSPS) is 11.6. The fraction of sp³-hybridized carbons (Fsp3) is 0.296. The van der Waals surface area contributed by atoms with Crippen LogP contribution in [-0.4, -0.2) is 52.1 Å². The molecule has 0 radical (unpaired) electrons. The lowest BCUT2D eigenvalue weighted by molar-refractivity contribution is -0.151. The average molecular weight is 542 g/mol. The Morgan fingerprint density at radius 2 is 1.50 bits per heavy atom. The molecule has 11 heteroatoms. The van der Waals surface area contributed by atoms with Crippen LogP contribution in [-0.2, 0) is 29.1 Å². The molecular formula is C27H31N3O7S. The molecule has 0 heterocycles. The molecule has 3 N–H and O–H groups in total. The van der Waals surface area contributed by atoms with Crippen LogP contribution in [0, 0.1) is 5.41 Å². The number of benzene rings is 3. The first-order valence-electron chi connectivity index (χ1n) is 11.8. The summed E-state index contributed by atoms with van der Waals surface area (Å²) >= 11 is 0. The highest BCUT2D eigenvalue weighted by Gasteiger charge is 2.30. The fourth-order valence-corrected chi connectivity index (χ4v) is 4.91. The molecule has 0 saturated heterocycles. The largest absolute Gasteiger partial charge is 0.481 e. The van der Waals surface area contributed by atoms with Crippen LogP contribution in [0.25, 0.3) is 10.8 Å². The molecule has 0 aliphatic heterocycles. The number of ether oxygens (including phenoxy) is 1. The van der Waals surface area contributed by atoms with Crippen molar-refractivity contribution in [2.24, 2.45) is 5.41 Å². The summed E-state index contributed by atoms with van der Waals surface area (Å²) in [5.74, 6) is -2.24. The van der Waals surface area contributed by atoms with Gasteiger partial charge in [-0.3, -0.25) is 19.1 Å². The molecule has 3 aromatic rings. The fourth-order valence-electron chi connectivity index (χ4n) is 3.63. The number of esters is 1. The molecular weight excluding hydrogens is 510 g/mol. The summed E-state index contributed by atoms with van der Waals surface area (Å²) in [7, 11) is -0.121. The Balaban J connectivity index is 1.68. The van der Waals surface area contributed by atoms with Gasteiger partial charge < -0.3 is 20.1 Å². The smallest absolute Gasteiger partial charge is 0.306 e. The van der Waals surface area contributed by atoms with E-state index in [9.17, 15) is 22.8 Å². The van der Waals surface area contributed by atoms with Gasteiger partial charge in [-0.25, -0.2) is 8.42 Å². The van der Waals surface area contributed by atoms with Crippen molar-refractivity contribution in [2.45, 2.75) is 31.6 Å². The molecule has 10 nitrogen and oxygen atoms in total. The number of sulfonamides is 1. The van der Waals surface area contributed by atoms with Gasteiger partial charge in [-0.2, -0.15) is 0 Å². The van der Waals surface area contributed by atoms with E-state index in [0.29, 0.717) is 16.8 Å². The first-order chi connectivity index (χ1) is 17.8. The number of carboxylic acids is 1.